The summed E-state index contributed by atoms with van der Waals surface area (Å²) in [4.78, 5) is 22.6. The summed E-state index contributed by atoms with van der Waals surface area (Å²) in [5.41, 5.74) is 0.918. The van der Waals surface area contributed by atoms with Crippen molar-refractivity contribution >= 4 is 17.7 Å². The minimum Gasteiger partial charge on any atom is -0.455 e. The topological polar surface area (TPSA) is 87.9 Å². The van der Waals surface area contributed by atoms with Crippen LogP contribution >= 0.6 is 0 Å². The Morgan fingerprint density at radius 2 is 1.92 bits per heavy atom. The molecule has 2 aromatic carbocycles. The highest BCUT2D eigenvalue weighted by Crippen LogP contribution is 2.38. The van der Waals surface area contributed by atoms with E-state index in [4.69, 9.17) is 14.2 Å². The lowest BCUT2D eigenvalue weighted by Gasteiger charge is -2.11. The highest BCUT2D eigenvalue weighted by molar-refractivity contribution is 5.88. The van der Waals surface area contributed by atoms with Gasteiger partial charge in [0.2, 0.25) is 6.79 Å². The zero-order valence-corrected chi connectivity index (χ0v) is 13.4. The quantitative estimate of drug-likeness (QED) is 0.357. The predicted molar refractivity (Wildman–Crippen MR) is 89.2 cm³/mol. The fraction of sp³-hybridized carbons (Fsp3) is 0.167. The maximum absolute atomic E-state index is 12.0. The van der Waals surface area contributed by atoms with Crippen molar-refractivity contribution in [2.24, 2.45) is 0 Å². The average Bonchev–Trinajstić information content (AvgIpc) is 3.07. The molecule has 0 radical (unpaired) electrons. The third-order valence-corrected chi connectivity index (χ3v) is 3.68. The third-order valence-electron chi connectivity index (χ3n) is 3.68. The Balaban J connectivity index is 1.75. The van der Waals surface area contributed by atoms with Crippen LogP contribution in [0.5, 0.6) is 11.5 Å². The van der Waals surface area contributed by atoms with Gasteiger partial charge < -0.3 is 14.2 Å². The summed E-state index contributed by atoms with van der Waals surface area (Å²) in [7, 11) is 0. The van der Waals surface area contributed by atoms with Crippen molar-refractivity contribution in [3.8, 4) is 11.5 Å². The highest BCUT2D eigenvalue weighted by atomic mass is 16.7. The molecule has 1 aliphatic heterocycles. The maximum atomic E-state index is 12.0. The third kappa shape index (κ3) is 3.77. The van der Waals surface area contributed by atoms with Crippen molar-refractivity contribution in [2.45, 2.75) is 13.0 Å². The van der Waals surface area contributed by atoms with Crippen molar-refractivity contribution in [3.63, 3.8) is 0 Å². The molecule has 0 amide bonds. The smallest absolute Gasteiger partial charge is 0.331 e. The summed E-state index contributed by atoms with van der Waals surface area (Å²) in [6.45, 7) is 1.76. The van der Waals surface area contributed by atoms with E-state index in [1.807, 2.05) is 30.3 Å². The van der Waals surface area contributed by atoms with E-state index in [2.05, 4.69) is 0 Å². The highest BCUT2D eigenvalue weighted by Gasteiger charge is 2.22. The molecule has 25 heavy (non-hydrogen) atoms. The lowest BCUT2D eigenvalue weighted by atomic mass is 10.1. The molecular formula is C18H15NO6. The normalized spacial score (nSPS) is 13.6. The van der Waals surface area contributed by atoms with Crippen molar-refractivity contribution in [2.75, 3.05) is 6.79 Å². The number of hydrogen-bond acceptors (Lipinski definition) is 6. The molecule has 0 unspecified atom stereocenters. The number of hydrogen-bond donors (Lipinski definition) is 0. The fourth-order valence-electron chi connectivity index (χ4n) is 2.40. The van der Waals surface area contributed by atoms with Gasteiger partial charge in [0, 0.05) is 6.08 Å². The lowest BCUT2D eigenvalue weighted by Crippen LogP contribution is -2.05. The Bertz CT molecular complexity index is 831. The molecule has 2 aromatic rings. The molecule has 0 saturated carbocycles. The molecule has 7 nitrogen and oxygen atoms in total. The number of carbonyl (C=O) groups excluding carboxylic acids is 1. The number of rotatable bonds is 5. The Hall–Kier alpha value is -3.35. The number of benzene rings is 2. The van der Waals surface area contributed by atoms with Gasteiger partial charge in [-0.25, -0.2) is 4.79 Å². The van der Waals surface area contributed by atoms with E-state index in [1.54, 1.807) is 6.92 Å². The molecule has 0 fully saturated rings. The van der Waals surface area contributed by atoms with E-state index in [1.165, 1.54) is 18.2 Å². The molecular weight excluding hydrogens is 326 g/mol. The number of esters is 1. The largest absolute Gasteiger partial charge is 0.455 e. The van der Waals surface area contributed by atoms with Gasteiger partial charge in [-0.1, -0.05) is 30.3 Å². The van der Waals surface area contributed by atoms with Crippen LogP contribution in [0.1, 0.15) is 24.2 Å². The summed E-state index contributed by atoms with van der Waals surface area (Å²) in [5, 5.41) is 11.2. The van der Waals surface area contributed by atoms with Crippen LogP contribution < -0.4 is 9.47 Å². The Morgan fingerprint density at radius 1 is 1.24 bits per heavy atom. The van der Waals surface area contributed by atoms with Gasteiger partial charge in [0.25, 0.3) is 5.69 Å². The predicted octanol–water partition coefficient (Wildman–Crippen LogP) is 3.64. The van der Waals surface area contributed by atoms with Crippen LogP contribution in [0.15, 0.2) is 48.5 Å². The first kappa shape index (κ1) is 16.5. The molecule has 0 aliphatic carbocycles. The van der Waals surface area contributed by atoms with E-state index in [-0.39, 0.29) is 18.0 Å². The maximum Gasteiger partial charge on any atom is 0.331 e. The summed E-state index contributed by atoms with van der Waals surface area (Å²) in [5.74, 6) is 0.115. The molecule has 0 N–H and O–H groups in total. The van der Waals surface area contributed by atoms with E-state index in [0.29, 0.717) is 11.5 Å². The van der Waals surface area contributed by atoms with Gasteiger partial charge in [-0.05, 0) is 24.6 Å². The second kappa shape index (κ2) is 7.04. The van der Waals surface area contributed by atoms with Crippen LogP contribution in [0, 0.1) is 10.1 Å². The molecule has 1 heterocycles. The van der Waals surface area contributed by atoms with Gasteiger partial charge in [0.05, 0.1) is 16.6 Å². The van der Waals surface area contributed by atoms with Gasteiger partial charge in [-0.15, -0.1) is 0 Å². The second-order valence-electron chi connectivity index (χ2n) is 5.34. The Kier molecular flexibility index (Phi) is 4.65. The number of carbonyl (C=O) groups is 1. The number of nitro groups is 1. The minimum atomic E-state index is -0.594. The van der Waals surface area contributed by atoms with E-state index < -0.39 is 17.0 Å². The van der Waals surface area contributed by atoms with Crippen LogP contribution in [0.4, 0.5) is 5.69 Å². The zero-order chi connectivity index (χ0) is 17.8. The molecule has 0 aromatic heterocycles. The Morgan fingerprint density at radius 3 is 2.60 bits per heavy atom. The first-order valence-corrected chi connectivity index (χ1v) is 7.56. The zero-order valence-electron chi connectivity index (χ0n) is 13.4. The molecule has 1 aliphatic rings. The van der Waals surface area contributed by atoms with Crippen LogP contribution in [0.25, 0.3) is 6.08 Å². The Labute approximate surface area is 143 Å². The lowest BCUT2D eigenvalue weighted by molar-refractivity contribution is -0.385. The van der Waals surface area contributed by atoms with Crippen molar-refractivity contribution in [1.82, 2.24) is 0 Å². The molecule has 0 bridgehead atoms. The molecule has 1 atom stereocenters. The van der Waals surface area contributed by atoms with Gasteiger partial charge in [0.1, 0.15) is 6.10 Å². The van der Waals surface area contributed by atoms with Gasteiger partial charge in [-0.3, -0.25) is 10.1 Å². The van der Waals surface area contributed by atoms with Gasteiger partial charge >= 0.3 is 5.97 Å². The van der Waals surface area contributed by atoms with Gasteiger partial charge in [-0.2, -0.15) is 0 Å². The summed E-state index contributed by atoms with van der Waals surface area (Å²) in [6.07, 6.45) is 2.06. The monoisotopic (exact) mass is 341 g/mol. The first-order valence-electron chi connectivity index (χ1n) is 7.56. The number of nitro benzene ring substituents is 1. The van der Waals surface area contributed by atoms with Crippen molar-refractivity contribution in [1.29, 1.82) is 0 Å². The SMILES string of the molecule is C[C@@H](OC(=O)/C=C/c1cc2c(cc1[N+](=O)[O-])OCO2)c1ccccc1. The number of fused-ring (bicyclic) bond motifs is 1. The van der Waals surface area contributed by atoms with Gasteiger partial charge in [0.15, 0.2) is 11.5 Å². The summed E-state index contributed by atoms with van der Waals surface area (Å²) < 4.78 is 15.6. The molecule has 7 heteroatoms. The molecule has 128 valence electrons. The standard InChI is InChI=1S/C18H15NO6/c1-12(13-5-3-2-4-6-13)25-18(20)8-7-14-9-16-17(24-11-23-16)10-15(14)19(21)22/h2-10,12H,11H2,1H3/b8-7+/t12-/m1/s1. The van der Waals surface area contributed by atoms with Crippen LogP contribution in [-0.2, 0) is 9.53 Å². The average molecular weight is 341 g/mol. The molecule has 0 spiro atoms. The fourth-order valence-corrected chi connectivity index (χ4v) is 2.40. The van der Waals surface area contributed by atoms with Crippen LogP contribution in [0.2, 0.25) is 0 Å². The van der Waals surface area contributed by atoms with Crippen molar-refractivity contribution < 1.29 is 23.9 Å². The van der Waals surface area contributed by atoms with Crippen LogP contribution in [-0.4, -0.2) is 17.7 Å². The van der Waals surface area contributed by atoms with Crippen LogP contribution in [0.3, 0.4) is 0 Å². The minimum absolute atomic E-state index is 0.0102. The summed E-state index contributed by atoms with van der Waals surface area (Å²) in [6, 6.07) is 12.0. The number of nitrogens with zero attached hydrogens (tertiary/aromatic N) is 1. The molecule has 3 rings (SSSR count). The molecule has 0 saturated heterocycles. The van der Waals surface area contributed by atoms with E-state index >= 15 is 0 Å². The first-order chi connectivity index (χ1) is 12.0. The summed E-state index contributed by atoms with van der Waals surface area (Å²) >= 11 is 0. The van der Waals surface area contributed by atoms with E-state index in [9.17, 15) is 14.9 Å². The van der Waals surface area contributed by atoms with Crippen molar-refractivity contribution in [3.05, 3.63) is 69.8 Å². The van der Waals surface area contributed by atoms with E-state index in [0.717, 1.165) is 11.6 Å². The second-order valence-corrected chi connectivity index (χ2v) is 5.34. The number of ether oxygens (including phenoxy) is 3.